The molecule has 4 rings (SSSR count). The number of hydrogen-bond acceptors (Lipinski definition) is 5. The zero-order valence-corrected chi connectivity index (χ0v) is 17.1. The smallest absolute Gasteiger partial charge is 0.173 e. The van der Waals surface area contributed by atoms with Gasteiger partial charge in [-0.15, -0.1) is 0 Å². The van der Waals surface area contributed by atoms with Gasteiger partial charge in [0.25, 0.3) is 0 Å². The highest BCUT2D eigenvalue weighted by Crippen LogP contribution is 2.27. The third-order valence-electron chi connectivity index (χ3n) is 4.53. The van der Waals surface area contributed by atoms with Crippen molar-refractivity contribution >= 4 is 23.1 Å². The summed E-state index contributed by atoms with van der Waals surface area (Å²) in [5.74, 6) is 1.26. The minimum Gasteiger partial charge on any atom is -0.494 e. The highest BCUT2D eigenvalue weighted by Gasteiger charge is 2.12. The fourth-order valence-corrected chi connectivity index (χ4v) is 3.87. The lowest BCUT2D eigenvalue weighted by Crippen LogP contribution is -2.03. The summed E-state index contributed by atoms with van der Waals surface area (Å²) in [6.45, 7) is 4.61. The van der Waals surface area contributed by atoms with Gasteiger partial charge in [0.15, 0.2) is 5.78 Å². The summed E-state index contributed by atoms with van der Waals surface area (Å²) in [7, 11) is 0. The van der Waals surface area contributed by atoms with Crippen LogP contribution in [0.2, 0.25) is 0 Å². The van der Waals surface area contributed by atoms with Crippen molar-refractivity contribution in [2.45, 2.75) is 18.9 Å². The number of carbonyl (C=O) groups is 1. The van der Waals surface area contributed by atoms with Gasteiger partial charge in [-0.1, -0.05) is 41.6 Å². The molecule has 0 fully saturated rings. The molecule has 2 aromatic heterocycles. The molecule has 0 amide bonds. The molecular formula is C23H21N3O2S. The van der Waals surface area contributed by atoms with Crippen LogP contribution in [0.5, 0.6) is 5.75 Å². The molecule has 0 N–H and O–H groups in total. The number of nitrogens with zero attached hydrogens (tertiary/aromatic N) is 3. The molecule has 0 spiro atoms. The number of Topliss-reactive ketones (excluding diaryl/α,β-unsaturated/α-hetero) is 1. The Balaban J connectivity index is 1.54. The van der Waals surface area contributed by atoms with Gasteiger partial charge in [0.1, 0.15) is 10.8 Å². The third kappa shape index (κ3) is 4.32. The van der Waals surface area contributed by atoms with E-state index in [1.807, 2.05) is 74.6 Å². The first-order chi connectivity index (χ1) is 14.1. The van der Waals surface area contributed by atoms with Crippen molar-refractivity contribution in [1.29, 1.82) is 0 Å². The fraction of sp³-hybridized carbons (Fsp3) is 0.174. The first-order valence-electron chi connectivity index (χ1n) is 9.44. The minimum absolute atomic E-state index is 0.0880. The van der Waals surface area contributed by atoms with Crippen LogP contribution < -0.4 is 4.74 Å². The van der Waals surface area contributed by atoms with Crippen LogP contribution in [0.15, 0.2) is 72.0 Å². The highest BCUT2D eigenvalue weighted by molar-refractivity contribution is 8.00. The van der Waals surface area contributed by atoms with Gasteiger partial charge in [-0.2, -0.15) is 5.10 Å². The zero-order valence-electron chi connectivity index (χ0n) is 16.3. The van der Waals surface area contributed by atoms with Crippen LogP contribution >= 0.6 is 11.8 Å². The van der Waals surface area contributed by atoms with Gasteiger partial charge >= 0.3 is 0 Å². The maximum absolute atomic E-state index is 12.5. The van der Waals surface area contributed by atoms with Gasteiger partial charge in [-0.3, -0.25) is 4.79 Å². The van der Waals surface area contributed by atoms with E-state index in [0.29, 0.717) is 12.4 Å². The molecule has 0 saturated heterocycles. The molecule has 0 bridgehead atoms. The molecule has 0 radical (unpaired) electrons. The molecule has 5 nitrogen and oxygen atoms in total. The van der Waals surface area contributed by atoms with Crippen molar-refractivity contribution in [1.82, 2.24) is 14.6 Å². The topological polar surface area (TPSA) is 56.5 Å². The van der Waals surface area contributed by atoms with Crippen molar-refractivity contribution < 1.29 is 9.53 Å². The summed E-state index contributed by atoms with van der Waals surface area (Å²) in [4.78, 5) is 17.0. The number of ether oxygens (including phenoxy) is 1. The van der Waals surface area contributed by atoms with Gasteiger partial charge in [0.2, 0.25) is 0 Å². The molecule has 0 unspecified atom stereocenters. The van der Waals surface area contributed by atoms with E-state index < -0.39 is 0 Å². The molecule has 0 atom stereocenters. The van der Waals surface area contributed by atoms with Crippen LogP contribution in [0.1, 0.15) is 22.8 Å². The fourth-order valence-electron chi connectivity index (χ4n) is 3.00. The van der Waals surface area contributed by atoms with Gasteiger partial charge in [0.05, 0.1) is 23.6 Å². The molecule has 2 heterocycles. The summed E-state index contributed by atoms with van der Waals surface area (Å²) >= 11 is 1.43. The van der Waals surface area contributed by atoms with E-state index in [2.05, 4.69) is 10.1 Å². The Kier molecular flexibility index (Phi) is 5.62. The summed E-state index contributed by atoms with van der Waals surface area (Å²) in [5.41, 5.74) is 4.61. The van der Waals surface area contributed by atoms with Crippen LogP contribution in [0.4, 0.5) is 0 Å². The third-order valence-corrected chi connectivity index (χ3v) is 5.52. The SMILES string of the molecule is CCOc1ccc(-c2cc3c(SCC(=O)c4ccc(C)cc4)nccn3n2)cc1. The molecule has 6 heteroatoms. The summed E-state index contributed by atoms with van der Waals surface area (Å²) in [6, 6.07) is 17.5. The number of benzene rings is 2. The number of ketones is 1. The van der Waals surface area contributed by atoms with Gasteiger partial charge in [-0.05, 0) is 44.2 Å². The second-order valence-corrected chi connectivity index (χ2v) is 7.59. The maximum atomic E-state index is 12.5. The Morgan fingerprint density at radius 3 is 2.59 bits per heavy atom. The monoisotopic (exact) mass is 403 g/mol. The van der Waals surface area contributed by atoms with Crippen LogP contribution in [-0.4, -0.2) is 32.7 Å². The highest BCUT2D eigenvalue weighted by atomic mass is 32.2. The second kappa shape index (κ2) is 8.49. The van der Waals surface area contributed by atoms with E-state index in [0.717, 1.165) is 38.7 Å². The molecule has 0 aliphatic heterocycles. The van der Waals surface area contributed by atoms with Crippen molar-refractivity contribution in [2.75, 3.05) is 12.4 Å². The molecular weight excluding hydrogens is 382 g/mol. The number of aryl methyl sites for hydroxylation is 1. The number of hydrogen-bond donors (Lipinski definition) is 0. The van der Waals surface area contributed by atoms with Crippen LogP contribution in [0, 0.1) is 6.92 Å². The van der Waals surface area contributed by atoms with Crippen molar-refractivity contribution in [2.24, 2.45) is 0 Å². The summed E-state index contributed by atoms with van der Waals surface area (Å²) < 4.78 is 7.30. The van der Waals surface area contributed by atoms with Crippen molar-refractivity contribution in [3.63, 3.8) is 0 Å². The van der Waals surface area contributed by atoms with E-state index in [1.165, 1.54) is 11.8 Å². The molecule has 29 heavy (non-hydrogen) atoms. The van der Waals surface area contributed by atoms with Gasteiger partial charge in [0, 0.05) is 23.5 Å². The number of carbonyl (C=O) groups excluding carboxylic acids is 1. The molecule has 0 aliphatic carbocycles. The molecule has 146 valence electrons. The number of aromatic nitrogens is 3. The quantitative estimate of drug-likeness (QED) is 0.318. The maximum Gasteiger partial charge on any atom is 0.173 e. The largest absolute Gasteiger partial charge is 0.494 e. The number of thioether (sulfide) groups is 1. The van der Waals surface area contributed by atoms with Gasteiger partial charge in [-0.25, -0.2) is 9.50 Å². The van der Waals surface area contributed by atoms with E-state index in [4.69, 9.17) is 4.74 Å². The van der Waals surface area contributed by atoms with Crippen LogP contribution in [0.25, 0.3) is 16.8 Å². The number of fused-ring (bicyclic) bond motifs is 1. The van der Waals surface area contributed by atoms with Crippen molar-refractivity contribution in [3.8, 4) is 17.0 Å². The molecule has 4 aromatic rings. The first-order valence-corrected chi connectivity index (χ1v) is 10.4. The second-order valence-electron chi connectivity index (χ2n) is 6.63. The lowest BCUT2D eigenvalue weighted by molar-refractivity contribution is 0.102. The summed E-state index contributed by atoms with van der Waals surface area (Å²) in [5, 5.41) is 5.44. The Labute approximate surface area is 173 Å². The average molecular weight is 404 g/mol. The predicted molar refractivity (Wildman–Crippen MR) is 116 cm³/mol. The van der Waals surface area contributed by atoms with Crippen molar-refractivity contribution in [3.05, 3.63) is 78.1 Å². The Morgan fingerprint density at radius 1 is 1.10 bits per heavy atom. The summed E-state index contributed by atoms with van der Waals surface area (Å²) in [6.07, 6.45) is 3.53. The van der Waals surface area contributed by atoms with Gasteiger partial charge < -0.3 is 4.74 Å². The van der Waals surface area contributed by atoms with E-state index >= 15 is 0 Å². The lowest BCUT2D eigenvalue weighted by atomic mass is 10.1. The van der Waals surface area contributed by atoms with E-state index in [9.17, 15) is 4.79 Å². The zero-order chi connectivity index (χ0) is 20.2. The molecule has 0 saturated carbocycles. The Morgan fingerprint density at radius 2 is 1.86 bits per heavy atom. The lowest BCUT2D eigenvalue weighted by Gasteiger charge is -2.03. The molecule has 2 aromatic carbocycles. The normalized spacial score (nSPS) is 11.0. The Hall–Kier alpha value is -3.12. The van der Waals surface area contributed by atoms with E-state index in [-0.39, 0.29) is 5.78 Å². The van der Waals surface area contributed by atoms with Crippen LogP contribution in [0.3, 0.4) is 0 Å². The van der Waals surface area contributed by atoms with E-state index in [1.54, 1.807) is 10.7 Å². The average Bonchev–Trinajstić information content (AvgIpc) is 3.18. The standard InChI is InChI=1S/C23H21N3O2S/c1-3-28-19-10-8-17(9-11-19)20-14-21-23(24-12-13-26(21)25-20)29-15-22(27)18-6-4-16(2)5-7-18/h4-14H,3,15H2,1-2H3. The first kappa shape index (κ1) is 19.2. The molecule has 0 aliphatic rings. The predicted octanol–water partition coefficient (Wildman–Crippen LogP) is 5.08. The van der Waals surface area contributed by atoms with Crippen LogP contribution in [-0.2, 0) is 0 Å². The number of rotatable bonds is 7. The Bertz CT molecular complexity index is 1140. The minimum atomic E-state index is 0.0880.